The van der Waals surface area contributed by atoms with Crippen LogP contribution in [-0.4, -0.2) is 5.91 Å². The zero-order valence-electron chi connectivity index (χ0n) is 8.64. The molecule has 0 fully saturated rings. The van der Waals surface area contributed by atoms with E-state index in [0.717, 1.165) is 9.77 Å². The van der Waals surface area contributed by atoms with Crippen molar-refractivity contribution in [1.82, 2.24) is 5.32 Å². The lowest BCUT2D eigenvalue weighted by Gasteiger charge is -2.10. The van der Waals surface area contributed by atoms with E-state index in [1.54, 1.807) is 17.4 Å². The van der Waals surface area contributed by atoms with E-state index in [-0.39, 0.29) is 11.9 Å². The van der Waals surface area contributed by atoms with Gasteiger partial charge in [0.1, 0.15) is 0 Å². The number of thiol groups is 1. The first-order valence-corrected chi connectivity index (χ1v) is 6.99. The van der Waals surface area contributed by atoms with Crippen molar-refractivity contribution < 1.29 is 4.79 Å². The third-order valence-corrected chi connectivity index (χ3v) is 4.54. The molecule has 1 N–H and O–H groups in total. The van der Waals surface area contributed by atoms with Crippen molar-refractivity contribution in [2.75, 3.05) is 0 Å². The minimum Gasteiger partial charge on any atom is -0.344 e. The van der Waals surface area contributed by atoms with Gasteiger partial charge in [-0.2, -0.15) is 0 Å². The molecule has 0 aliphatic rings. The Hall–Kier alpha value is -0.780. The van der Waals surface area contributed by atoms with Crippen LogP contribution in [0.3, 0.4) is 0 Å². The van der Waals surface area contributed by atoms with Gasteiger partial charge in [0, 0.05) is 15.2 Å². The second kappa shape index (κ2) is 5.03. The fourth-order valence-electron chi connectivity index (χ4n) is 1.32. The molecule has 0 aliphatic carbocycles. The van der Waals surface area contributed by atoms with Gasteiger partial charge in [0.15, 0.2) is 0 Å². The summed E-state index contributed by atoms with van der Waals surface area (Å²) in [6.07, 6.45) is 0. The molecule has 2 heterocycles. The van der Waals surface area contributed by atoms with E-state index in [0.29, 0.717) is 4.88 Å². The zero-order valence-corrected chi connectivity index (χ0v) is 11.2. The fraction of sp³-hybridized carbons (Fsp3) is 0.182. The Morgan fingerprint density at radius 3 is 2.88 bits per heavy atom. The highest BCUT2D eigenvalue weighted by Crippen LogP contribution is 2.21. The lowest BCUT2D eigenvalue weighted by molar-refractivity contribution is 0.0944. The summed E-state index contributed by atoms with van der Waals surface area (Å²) in [6.45, 7) is 1.99. The van der Waals surface area contributed by atoms with Gasteiger partial charge >= 0.3 is 0 Å². The number of rotatable bonds is 3. The van der Waals surface area contributed by atoms with Crippen LogP contribution in [-0.2, 0) is 0 Å². The predicted octanol–water partition coefficient (Wildman–Crippen LogP) is 3.59. The molecular formula is C11H11NOS3. The molecule has 0 spiro atoms. The number of thiophene rings is 2. The highest BCUT2D eigenvalue weighted by Gasteiger charge is 2.13. The molecule has 1 amide bonds. The first-order valence-electron chi connectivity index (χ1n) is 4.78. The second-order valence-electron chi connectivity index (χ2n) is 3.38. The molecule has 1 unspecified atom stereocenters. The molecule has 2 rings (SSSR count). The second-order valence-corrected chi connectivity index (χ2v) is 5.79. The molecule has 0 radical (unpaired) electrons. The molecule has 2 nitrogen and oxygen atoms in total. The van der Waals surface area contributed by atoms with Gasteiger partial charge in [-0.05, 0) is 24.4 Å². The Morgan fingerprint density at radius 2 is 2.31 bits per heavy atom. The van der Waals surface area contributed by atoms with Crippen molar-refractivity contribution >= 4 is 41.2 Å². The van der Waals surface area contributed by atoms with Gasteiger partial charge in [-0.3, -0.25) is 4.79 Å². The maximum absolute atomic E-state index is 11.8. The molecule has 0 aliphatic heterocycles. The number of hydrogen-bond donors (Lipinski definition) is 2. The molecule has 1 atom stereocenters. The molecule has 84 valence electrons. The number of carbonyl (C=O) groups excluding carboxylic acids is 1. The molecule has 0 saturated heterocycles. The van der Waals surface area contributed by atoms with Crippen LogP contribution in [0.1, 0.15) is 27.5 Å². The van der Waals surface area contributed by atoms with Crippen molar-refractivity contribution in [2.45, 2.75) is 17.9 Å². The third-order valence-electron chi connectivity index (χ3n) is 2.13. The average molecular weight is 269 g/mol. The average Bonchev–Trinajstić information content (AvgIpc) is 2.87. The summed E-state index contributed by atoms with van der Waals surface area (Å²) in [5.41, 5.74) is 0. The topological polar surface area (TPSA) is 29.1 Å². The first kappa shape index (κ1) is 11.7. The van der Waals surface area contributed by atoms with Gasteiger partial charge in [-0.1, -0.05) is 6.07 Å². The van der Waals surface area contributed by atoms with E-state index in [1.165, 1.54) is 11.3 Å². The summed E-state index contributed by atoms with van der Waals surface area (Å²) in [7, 11) is 0. The summed E-state index contributed by atoms with van der Waals surface area (Å²) in [5.74, 6) is -0.0359. The third kappa shape index (κ3) is 2.66. The van der Waals surface area contributed by atoms with Crippen LogP contribution in [0.25, 0.3) is 0 Å². The number of amides is 1. The lowest BCUT2D eigenvalue weighted by Crippen LogP contribution is -2.25. The Morgan fingerprint density at radius 1 is 1.50 bits per heavy atom. The predicted molar refractivity (Wildman–Crippen MR) is 71.8 cm³/mol. The Balaban J connectivity index is 2.03. The minimum absolute atomic E-state index is 0.0359. The molecule has 16 heavy (non-hydrogen) atoms. The van der Waals surface area contributed by atoms with Gasteiger partial charge in [-0.25, -0.2) is 0 Å². The summed E-state index contributed by atoms with van der Waals surface area (Å²) >= 11 is 7.24. The van der Waals surface area contributed by atoms with Gasteiger partial charge in [0.2, 0.25) is 0 Å². The van der Waals surface area contributed by atoms with E-state index in [2.05, 4.69) is 17.9 Å². The van der Waals surface area contributed by atoms with Crippen molar-refractivity contribution in [3.05, 3.63) is 38.7 Å². The maximum atomic E-state index is 11.8. The monoisotopic (exact) mass is 269 g/mol. The van der Waals surface area contributed by atoms with Crippen molar-refractivity contribution in [3.8, 4) is 0 Å². The molecule has 0 aromatic carbocycles. The Labute approximate surface area is 108 Å². The van der Waals surface area contributed by atoms with Crippen LogP contribution < -0.4 is 5.32 Å². The van der Waals surface area contributed by atoms with E-state index in [9.17, 15) is 4.79 Å². The van der Waals surface area contributed by atoms with E-state index in [1.807, 2.05) is 29.8 Å². The quantitative estimate of drug-likeness (QED) is 0.819. The van der Waals surface area contributed by atoms with Crippen LogP contribution in [0.15, 0.2) is 33.9 Å². The summed E-state index contributed by atoms with van der Waals surface area (Å²) in [4.78, 5) is 14.5. The van der Waals surface area contributed by atoms with Crippen LogP contribution in [0, 0.1) is 0 Å². The standard InChI is InChI=1S/C11H11NOS3/c1-7(9-3-2-4-15-9)12-11(13)10-5-8(14)6-16-10/h2-7,14H,1H3,(H,12,13). The lowest BCUT2D eigenvalue weighted by atomic mass is 10.2. The summed E-state index contributed by atoms with van der Waals surface area (Å²) < 4.78 is 0. The van der Waals surface area contributed by atoms with Gasteiger partial charge in [0.25, 0.3) is 5.91 Å². The highest BCUT2D eigenvalue weighted by molar-refractivity contribution is 7.80. The SMILES string of the molecule is CC(NC(=O)c1cc(S)cs1)c1cccs1. The van der Waals surface area contributed by atoms with Crippen LogP contribution in [0.4, 0.5) is 0 Å². The van der Waals surface area contributed by atoms with E-state index in [4.69, 9.17) is 0 Å². The van der Waals surface area contributed by atoms with Gasteiger partial charge in [0.05, 0.1) is 10.9 Å². The van der Waals surface area contributed by atoms with Crippen LogP contribution in [0.5, 0.6) is 0 Å². The van der Waals surface area contributed by atoms with Crippen molar-refractivity contribution in [3.63, 3.8) is 0 Å². The fourth-order valence-corrected chi connectivity index (χ4v) is 3.11. The number of nitrogens with one attached hydrogen (secondary N) is 1. The number of hydrogen-bond acceptors (Lipinski definition) is 4. The molecule has 5 heteroatoms. The summed E-state index contributed by atoms with van der Waals surface area (Å²) in [6, 6.07) is 5.84. The Kier molecular flexibility index (Phi) is 3.68. The van der Waals surface area contributed by atoms with Gasteiger partial charge < -0.3 is 5.32 Å². The summed E-state index contributed by atoms with van der Waals surface area (Å²) in [5, 5.41) is 6.82. The smallest absolute Gasteiger partial charge is 0.261 e. The highest BCUT2D eigenvalue weighted by atomic mass is 32.1. The molecule has 2 aromatic heterocycles. The first-order chi connectivity index (χ1) is 7.66. The van der Waals surface area contributed by atoms with Crippen LogP contribution in [0.2, 0.25) is 0 Å². The maximum Gasteiger partial charge on any atom is 0.261 e. The number of carbonyl (C=O) groups is 1. The molecular weight excluding hydrogens is 258 g/mol. The van der Waals surface area contributed by atoms with Crippen molar-refractivity contribution in [2.24, 2.45) is 0 Å². The van der Waals surface area contributed by atoms with Crippen molar-refractivity contribution in [1.29, 1.82) is 0 Å². The van der Waals surface area contributed by atoms with E-state index >= 15 is 0 Å². The van der Waals surface area contributed by atoms with Gasteiger partial charge in [-0.15, -0.1) is 35.3 Å². The molecule has 2 aromatic rings. The van der Waals surface area contributed by atoms with Crippen LogP contribution >= 0.6 is 35.3 Å². The normalized spacial score (nSPS) is 12.4. The zero-order chi connectivity index (χ0) is 11.5. The largest absolute Gasteiger partial charge is 0.344 e. The Bertz CT molecular complexity index is 475. The minimum atomic E-state index is -0.0359. The van der Waals surface area contributed by atoms with E-state index < -0.39 is 0 Å². The molecule has 0 saturated carbocycles. The molecule has 0 bridgehead atoms.